The molecule has 1 fully saturated rings. The van der Waals surface area contributed by atoms with Crippen LogP contribution in [0.3, 0.4) is 0 Å². The first-order chi connectivity index (χ1) is 17.1. The molecule has 0 aromatic rings. The van der Waals surface area contributed by atoms with Crippen LogP contribution in [-0.4, -0.2) is 89.1 Å². The van der Waals surface area contributed by atoms with Gasteiger partial charge in [-0.25, -0.2) is 0 Å². The van der Waals surface area contributed by atoms with E-state index >= 15 is 0 Å². The van der Waals surface area contributed by atoms with Crippen molar-refractivity contribution in [1.29, 1.82) is 0 Å². The Kier molecular flexibility index (Phi) is 11.0. The van der Waals surface area contributed by atoms with E-state index in [0.717, 1.165) is 0 Å². The molecule has 2 aliphatic heterocycles. The number of aliphatic hydroxyl groups is 2. The van der Waals surface area contributed by atoms with Gasteiger partial charge in [-0.15, -0.1) is 0 Å². The monoisotopic (exact) mass is 525 g/mol. The van der Waals surface area contributed by atoms with Crippen molar-refractivity contribution in [2.45, 2.75) is 110 Å². The molecule has 2 N–H and O–H groups in total. The first-order valence-electron chi connectivity index (χ1n) is 13.5. The van der Waals surface area contributed by atoms with Gasteiger partial charge in [0, 0.05) is 17.9 Å². The molecule has 0 bridgehead atoms. The number of aliphatic hydroxyl groups excluding tert-OH is 1. The van der Waals surface area contributed by atoms with Gasteiger partial charge in [-0.2, -0.15) is 0 Å². The summed E-state index contributed by atoms with van der Waals surface area (Å²) in [5, 5.41) is 21.9. The maximum atomic E-state index is 13.5. The number of rotatable bonds is 4. The average molecular weight is 526 g/mol. The Morgan fingerprint density at radius 1 is 1.11 bits per heavy atom. The van der Waals surface area contributed by atoms with Crippen LogP contribution in [0.15, 0.2) is 12.2 Å². The topological polar surface area (TPSA) is 123 Å². The lowest BCUT2D eigenvalue weighted by Gasteiger charge is -2.43. The van der Waals surface area contributed by atoms with E-state index in [-0.39, 0.29) is 29.6 Å². The van der Waals surface area contributed by atoms with E-state index in [2.05, 4.69) is 0 Å². The second kappa shape index (κ2) is 12.9. The number of cyclic esters (lactones) is 1. The molecule has 2 aliphatic rings. The maximum absolute atomic E-state index is 13.5. The molecule has 212 valence electrons. The molecule has 11 unspecified atom stereocenters. The molecule has 9 nitrogen and oxygen atoms in total. The molecular formula is C28H47NO8. The Morgan fingerprint density at radius 2 is 1.73 bits per heavy atom. The van der Waals surface area contributed by atoms with Crippen LogP contribution < -0.4 is 0 Å². The van der Waals surface area contributed by atoms with Gasteiger partial charge in [-0.3, -0.25) is 14.4 Å². The molecular weight excluding hydrogens is 478 g/mol. The highest BCUT2D eigenvalue weighted by Gasteiger charge is 2.44. The van der Waals surface area contributed by atoms with E-state index in [4.69, 9.17) is 14.2 Å². The van der Waals surface area contributed by atoms with Crippen LogP contribution in [0.5, 0.6) is 0 Å². The van der Waals surface area contributed by atoms with Gasteiger partial charge >= 0.3 is 5.97 Å². The van der Waals surface area contributed by atoms with Crippen molar-refractivity contribution < 1.29 is 38.8 Å². The van der Waals surface area contributed by atoms with E-state index in [1.54, 1.807) is 20.8 Å². The van der Waals surface area contributed by atoms with E-state index in [0.29, 0.717) is 19.3 Å². The van der Waals surface area contributed by atoms with Crippen LogP contribution in [-0.2, 0) is 28.6 Å². The molecule has 2 rings (SSSR count). The number of esters is 1. The molecule has 1 saturated heterocycles. The van der Waals surface area contributed by atoms with Gasteiger partial charge in [0.1, 0.15) is 23.7 Å². The fourth-order valence-corrected chi connectivity index (χ4v) is 5.42. The summed E-state index contributed by atoms with van der Waals surface area (Å²) >= 11 is 0. The lowest BCUT2D eigenvalue weighted by atomic mass is 9.80. The summed E-state index contributed by atoms with van der Waals surface area (Å²) in [4.78, 5) is 41.3. The molecule has 0 aromatic heterocycles. The minimum Gasteiger partial charge on any atom is -0.458 e. The van der Waals surface area contributed by atoms with Crippen molar-refractivity contribution in [3.8, 4) is 0 Å². The summed E-state index contributed by atoms with van der Waals surface area (Å²) in [5.41, 5.74) is -1.57. The van der Waals surface area contributed by atoms with Crippen molar-refractivity contribution in [1.82, 2.24) is 4.90 Å². The minimum atomic E-state index is -1.57. The second-order valence-electron chi connectivity index (χ2n) is 11.5. The number of ether oxygens (including phenoxy) is 3. The molecule has 0 aromatic carbocycles. The Morgan fingerprint density at radius 3 is 2.30 bits per heavy atom. The van der Waals surface area contributed by atoms with Gasteiger partial charge < -0.3 is 29.3 Å². The molecule has 9 heteroatoms. The number of hydrogen-bond acceptors (Lipinski definition) is 9. The van der Waals surface area contributed by atoms with Crippen LogP contribution in [0.1, 0.15) is 67.7 Å². The average Bonchev–Trinajstić information content (AvgIpc) is 2.83. The first-order valence-corrected chi connectivity index (χ1v) is 13.5. The number of likely N-dealkylation sites (N-methyl/N-ethyl adjacent to an activating group) is 1. The highest BCUT2D eigenvalue weighted by atomic mass is 16.7. The molecule has 11 atom stereocenters. The molecule has 0 saturated carbocycles. The number of carbonyl (C=O) groups is 3. The maximum Gasteiger partial charge on any atom is 0.316 e. The number of ketones is 2. The summed E-state index contributed by atoms with van der Waals surface area (Å²) in [6.07, 6.45) is 0.318. The normalized spacial score (nSPS) is 43.8. The standard InChI is InChI=1S/C28H47NO8/c1-10-22-28(7,34)12-11-21(30)15(2)13-16(3)25(18(5)23(31)19(6)26(33)36-22)37-27-24(32)20(29(8)9)14-17(4)35-27/h11-12,15-20,22,24-25,27,32,34H,10,13-14H2,1-9H3/b12-11-. The largest absolute Gasteiger partial charge is 0.458 e. The van der Waals surface area contributed by atoms with Gasteiger partial charge in [-0.1, -0.05) is 27.7 Å². The Labute approximate surface area is 221 Å². The number of carbonyl (C=O) groups excluding carboxylic acids is 3. The summed E-state index contributed by atoms with van der Waals surface area (Å²) in [5.74, 6) is -3.83. The van der Waals surface area contributed by atoms with E-state index in [1.807, 2.05) is 32.8 Å². The molecule has 0 aliphatic carbocycles. The third-order valence-corrected chi connectivity index (χ3v) is 7.93. The SMILES string of the molecule is CCC1OC(=O)C(C)C(=O)C(C)C(OC2OC(C)CC(N(C)C)C2O)C(C)CC(C)C(=O)/C=C\C1(C)O. The Balaban J connectivity index is 2.44. The quantitative estimate of drug-likeness (QED) is 0.421. The molecule has 0 radical (unpaired) electrons. The van der Waals surface area contributed by atoms with Gasteiger partial charge in [0.25, 0.3) is 0 Å². The number of hydrogen-bond donors (Lipinski definition) is 2. The predicted octanol–water partition coefficient (Wildman–Crippen LogP) is 2.51. The van der Waals surface area contributed by atoms with Gasteiger partial charge in [0.15, 0.2) is 17.9 Å². The third kappa shape index (κ3) is 7.69. The van der Waals surface area contributed by atoms with Crippen molar-refractivity contribution in [2.75, 3.05) is 14.1 Å². The molecule has 2 heterocycles. The zero-order valence-electron chi connectivity index (χ0n) is 23.8. The summed E-state index contributed by atoms with van der Waals surface area (Å²) < 4.78 is 17.9. The van der Waals surface area contributed by atoms with Crippen LogP contribution in [0, 0.1) is 23.7 Å². The van der Waals surface area contributed by atoms with Crippen LogP contribution in [0.2, 0.25) is 0 Å². The Bertz CT molecular complexity index is 840. The Hall–Kier alpha value is -1.65. The predicted molar refractivity (Wildman–Crippen MR) is 139 cm³/mol. The molecule has 37 heavy (non-hydrogen) atoms. The van der Waals surface area contributed by atoms with Crippen molar-refractivity contribution >= 4 is 17.5 Å². The summed E-state index contributed by atoms with van der Waals surface area (Å²) in [6, 6.07) is -0.188. The van der Waals surface area contributed by atoms with E-state index < -0.39 is 53.9 Å². The van der Waals surface area contributed by atoms with E-state index in [9.17, 15) is 24.6 Å². The molecule has 0 amide bonds. The first kappa shape index (κ1) is 31.6. The number of allylic oxidation sites excluding steroid dienone is 1. The highest BCUT2D eigenvalue weighted by molar-refractivity contribution is 6.00. The van der Waals surface area contributed by atoms with Gasteiger partial charge in [-0.05, 0) is 72.2 Å². The summed E-state index contributed by atoms with van der Waals surface area (Å²) in [6.45, 7) is 12.0. The van der Waals surface area contributed by atoms with Gasteiger partial charge in [0.2, 0.25) is 0 Å². The van der Waals surface area contributed by atoms with Crippen LogP contribution in [0.4, 0.5) is 0 Å². The van der Waals surface area contributed by atoms with Crippen LogP contribution in [0.25, 0.3) is 0 Å². The van der Waals surface area contributed by atoms with Crippen molar-refractivity contribution in [3.63, 3.8) is 0 Å². The summed E-state index contributed by atoms with van der Waals surface area (Å²) in [7, 11) is 3.77. The van der Waals surface area contributed by atoms with Crippen LogP contribution >= 0.6 is 0 Å². The fraction of sp³-hybridized carbons (Fsp3) is 0.821. The smallest absolute Gasteiger partial charge is 0.316 e. The second-order valence-corrected chi connectivity index (χ2v) is 11.5. The zero-order valence-corrected chi connectivity index (χ0v) is 23.8. The highest BCUT2D eigenvalue weighted by Crippen LogP contribution is 2.32. The lowest BCUT2D eigenvalue weighted by Crippen LogP contribution is -2.56. The van der Waals surface area contributed by atoms with E-state index in [1.165, 1.54) is 26.0 Å². The molecule has 0 spiro atoms. The lowest BCUT2D eigenvalue weighted by molar-refractivity contribution is -0.278. The van der Waals surface area contributed by atoms with Crippen molar-refractivity contribution in [3.05, 3.63) is 12.2 Å². The number of Topliss-reactive ketones (excluding diaryl/α,β-unsaturated/α-hetero) is 1. The minimum absolute atomic E-state index is 0.168. The fourth-order valence-electron chi connectivity index (χ4n) is 5.42. The zero-order chi connectivity index (χ0) is 28.2. The van der Waals surface area contributed by atoms with Gasteiger partial charge in [0.05, 0.1) is 12.2 Å². The number of nitrogens with zero attached hydrogens (tertiary/aromatic N) is 1. The third-order valence-electron chi connectivity index (χ3n) is 7.93. The van der Waals surface area contributed by atoms with Crippen molar-refractivity contribution in [2.24, 2.45) is 23.7 Å².